The summed E-state index contributed by atoms with van der Waals surface area (Å²) < 4.78 is 6.15. The number of thiophene rings is 1. The molecule has 0 bridgehead atoms. The molecular formula is C24H22ClN3O2S. The maximum Gasteiger partial charge on any atom is 0.260 e. The number of benzene rings is 2. The van der Waals surface area contributed by atoms with Crippen LogP contribution in [-0.2, 0) is 11.3 Å². The van der Waals surface area contributed by atoms with E-state index in [1.807, 2.05) is 47.8 Å². The van der Waals surface area contributed by atoms with E-state index in [4.69, 9.17) is 21.3 Å². The van der Waals surface area contributed by atoms with Gasteiger partial charge in [0.15, 0.2) is 0 Å². The van der Waals surface area contributed by atoms with Crippen molar-refractivity contribution in [1.29, 1.82) is 0 Å². The van der Waals surface area contributed by atoms with Crippen LogP contribution in [0.4, 0.5) is 0 Å². The summed E-state index contributed by atoms with van der Waals surface area (Å²) in [4.78, 5) is 23.8. The third-order valence-electron chi connectivity index (χ3n) is 5.54. The van der Waals surface area contributed by atoms with Crippen molar-refractivity contribution in [2.45, 2.75) is 25.7 Å². The van der Waals surface area contributed by atoms with Crippen molar-refractivity contribution in [1.82, 2.24) is 14.9 Å². The van der Waals surface area contributed by atoms with Gasteiger partial charge in [-0.05, 0) is 18.6 Å². The number of hydrogen-bond donors (Lipinski definition) is 1. The van der Waals surface area contributed by atoms with E-state index in [1.165, 1.54) is 16.9 Å². The fourth-order valence-electron chi connectivity index (χ4n) is 4.18. The van der Waals surface area contributed by atoms with Gasteiger partial charge in [-0.1, -0.05) is 60.1 Å². The maximum atomic E-state index is 13.0. The molecule has 1 fully saturated rings. The first-order chi connectivity index (χ1) is 15.1. The molecule has 1 aliphatic heterocycles. The minimum absolute atomic E-state index is 0.00830. The lowest BCUT2D eigenvalue weighted by atomic mass is 10.1. The van der Waals surface area contributed by atoms with Crippen LogP contribution < -0.4 is 5.56 Å². The summed E-state index contributed by atoms with van der Waals surface area (Å²) in [5.74, 6) is 0.672. The van der Waals surface area contributed by atoms with E-state index in [9.17, 15) is 4.79 Å². The first kappa shape index (κ1) is 20.4. The standard InChI is InChI=1S/C24H22ClN3O2S/c1-15-11-28(12-20(30-15)16-7-3-2-4-8-16)13-21-26-23(29)22-18(14-31-24(22)27-21)17-9-5-6-10-19(17)25/h2-10,14-15,20H,11-13H2,1H3,(H,26,27,29). The summed E-state index contributed by atoms with van der Waals surface area (Å²) in [7, 11) is 0. The van der Waals surface area contributed by atoms with Crippen LogP contribution in [0.1, 0.15) is 24.4 Å². The molecule has 31 heavy (non-hydrogen) atoms. The van der Waals surface area contributed by atoms with Crippen LogP contribution in [-0.4, -0.2) is 34.1 Å². The normalized spacial score (nSPS) is 19.7. The first-order valence-electron chi connectivity index (χ1n) is 10.3. The Labute approximate surface area is 189 Å². The van der Waals surface area contributed by atoms with Crippen molar-refractivity contribution >= 4 is 33.2 Å². The number of nitrogens with zero attached hydrogens (tertiary/aromatic N) is 2. The van der Waals surface area contributed by atoms with Crippen molar-refractivity contribution in [2.24, 2.45) is 0 Å². The topological polar surface area (TPSA) is 58.2 Å². The molecule has 2 unspecified atom stereocenters. The van der Waals surface area contributed by atoms with Crippen LogP contribution >= 0.6 is 22.9 Å². The summed E-state index contributed by atoms with van der Waals surface area (Å²) in [5, 5.41) is 3.18. The summed E-state index contributed by atoms with van der Waals surface area (Å²) in [6.07, 6.45) is 0.108. The molecule has 3 heterocycles. The first-order valence-corrected chi connectivity index (χ1v) is 11.5. The molecule has 0 spiro atoms. The van der Waals surface area contributed by atoms with Crippen molar-refractivity contribution in [3.63, 3.8) is 0 Å². The molecule has 0 amide bonds. The Morgan fingerprint density at radius 3 is 2.71 bits per heavy atom. The van der Waals surface area contributed by atoms with Gasteiger partial charge >= 0.3 is 0 Å². The van der Waals surface area contributed by atoms with Gasteiger partial charge in [0.1, 0.15) is 10.7 Å². The molecule has 0 radical (unpaired) electrons. The summed E-state index contributed by atoms with van der Waals surface area (Å²) in [5.41, 5.74) is 2.72. The van der Waals surface area contributed by atoms with Crippen molar-refractivity contribution in [3.05, 3.63) is 86.7 Å². The molecule has 1 N–H and O–H groups in total. The molecule has 0 aliphatic carbocycles. The number of aromatic amines is 1. The largest absolute Gasteiger partial charge is 0.368 e. The molecule has 0 saturated carbocycles. The van der Waals surface area contributed by atoms with Gasteiger partial charge in [-0.15, -0.1) is 11.3 Å². The summed E-state index contributed by atoms with van der Waals surface area (Å²) in [6, 6.07) is 17.8. The average molecular weight is 452 g/mol. The van der Waals surface area contributed by atoms with Gasteiger partial charge in [-0.2, -0.15) is 0 Å². The van der Waals surface area contributed by atoms with Gasteiger partial charge in [0.2, 0.25) is 0 Å². The van der Waals surface area contributed by atoms with Crippen LogP contribution in [0.15, 0.2) is 64.8 Å². The lowest BCUT2D eigenvalue weighted by molar-refractivity contribution is -0.0819. The number of nitrogens with one attached hydrogen (secondary N) is 1. The molecule has 2 aromatic heterocycles. The molecule has 158 valence electrons. The van der Waals surface area contributed by atoms with Gasteiger partial charge in [0.25, 0.3) is 5.56 Å². The smallest absolute Gasteiger partial charge is 0.260 e. The lowest BCUT2D eigenvalue weighted by Crippen LogP contribution is -2.42. The molecule has 2 aromatic carbocycles. The highest BCUT2D eigenvalue weighted by molar-refractivity contribution is 7.17. The van der Waals surface area contributed by atoms with Gasteiger partial charge < -0.3 is 9.72 Å². The Balaban J connectivity index is 1.42. The van der Waals surface area contributed by atoms with Crippen LogP contribution in [0.2, 0.25) is 5.02 Å². The molecule has 2 atom stereocenters. The lowest BCUT2D eigenvalue weighted by Gasteiger charge is -2.36. The SMILES string of the molecule is CC1CN(Cc2nc3scc(-c4ccccc4Cl)c3c(=O)[nH]2)CC(c2ccccc2)O1. The Morgan fingerprint density at radius 1 is 1.13 bits per heavy atom. The highest BCUT2D eigenvalue weighted by Crippen LogP contribution is 2.35. The molecule has 5 nitrogen and oxygen atoms in total. The number of fused-ring (bicyclic) bond motifs is 1. The second-order valence-corrected chi connectivity index (χ2v) is 9.13. The van der Waals surface area contributed by atoms with Gasteiger partial charge in [-0.3, -0.25) is 9.69 Å². The number of halogens is 1. The minimum atomic E-state index is -0.128. The second kappa shape index (κ2) is 8.55. The molecule has 5 rings (SSSR count). The predicted octanol–water partition coefficient (Wildman–Crippen LogP) is 5.27. The van der Waals surface area contributed by atoms with E-state index in [1.54, 1.807) is 0 Å². The third-order valence-corrected chi connectivity index (χ3v) is 6.74. The van der Waals surface area contributed by atoms with E-state index in [0.29, 0.717) is 22.8 Å². The zero-order valence-electron chi connectivity index (χ0n) is 17.0. The van der Waals surface area contributed by atoms with Crippen LogP contribution in [0.25, 0.3) is 21.3 Å². The minimum Gasteiger partial charge on any atom is -0.368 e. The Bertz CT molecular complexity index is 1270. The number of hydrogen-bond acceptors (Lipinski definition) is 5. The van der Waals surface area contributed by atoms with Crippen molar-refractivity contribution in [2.75, 3.05) is 13.1 Å². The van der Waals surface area contributed by atoms with Crippen LogP contribution in [0, 0.1) is 0 Å². The van der Waals surface area contributed by atoms with E-state index in [2.05, 4.69) is 28.9 Å². The number of H-pyrrole nitrogens is 1. The number of ether oxygens (including phenoxy) is 1. The molecule has 1 saturated heterocycles. The van der Waals surface area contributed by atoms with E-state index in [-0.39, 0.29) is 17.8 Å². The molecule has 7 heteroatoms. The van der Waals surface area contributed by atoms with Gasteiger partial charge in [0.05, 0.1) is 24.1 Å². The predicted molar refractivity (Wildman–Crippen MR) is 126 cm³/mol. The zero-order valence-corrected chi connectivity index (χ0v) is 18.6. The Morgan fingerprint density at radius 2 is 1.90 bits per heavy atom. The van der Waals surface area contributed by atoms with Gasteiger partial charge in [0, 0.05) is 34.6 Å². The van der Waals surface area contributed by atoms with Crippen molar-refractivity contribution in [3.8, 4) is 11.1 Å². The monoisotopic (exact) mass is 451 g/mol. The average Bonchev–Trinajstić information content (AvgIpc) is 3.18. The quantitative estimate of drug-likeness (QED) is 0.459. The zero-order chi connectivity index (χ0) is 21.4. The Hall–Kier alpha value is -2.51. The highest BCUT2D eigenvalue weighted by atomic mass is 35.5. The van der Waals surface area contributed by atoms with Crippen LogP contribution in [0.5, 0.6) is 0 Å². The molecule has 1 aliphatic rings. The molecule has 4 aromatic rings. The number of aromatic nitrogens is 2. The highest BCUT2D eigenvalue weighted by Gasteiger charge is 2.27. The maximum absolute atomic E-state index is 13.0. The molecular weight excluding hydrogens is 430 g/mol. The number of rotatable bonds is 4. The summed E-state index contributed by atoms with van der Waals surface area (Å²) >= 11 is 7.83. The third kappa shape index (κ3) is 4.16. The van der Waals surface area contributed by atoms with Crippen LogP contribution in [0.3, 0.4) is 0 Å². The van der Waals surface area contributed by atoms with Gasteiger partial charge in [-0.25, -0.2) is 4.98 Å². The van der Waals surface area contributed by atoms with E-state index in [0.717, 1.165) is 29.0 Å². The Kier molecular flexibility index (Phi) is 5.63. The number of morpholine rings is 1. The fraction of sp³-hybridized carbons (Fsp3) is 0.250. The fourth-order valence-corrected chi connectivity index (χ4v) is 5.37. The summed E-state index contributed by atoms with van der Waals surface area (Å²) in [6.45, 7) is 4.20. The second-order valence-electron chi connectivity index (χ2n) is 7.86. The van der Waals surface area contributed by atoms with Crippen molar-refractivity contribution < 1.29 is 4.74 Å². The van der Waals surface area contributed by atoms with E-state index < -0.39 is 0 Å². The van der Waals surface area contributed by atoms with E-state index >= 15 is 0 Å².